The summed E-state index contributed by atoms with van der Waals surface area (Å²) in [6, 6.07) is 4.22. The summed E-state index contributed by atoms with van der Waals surface area (Å²) in [4.78, 5) is 9.96. The van der Waals surface area contributed by atoms with Gasteiger partial charge in [0.05, 0.1) is 10.7 Å². The van der Waals surface area contributed by atoms with Crippen molar-refractivity contribution in [2.45, 2.75) is 6.42 Å². The number of hydrogen-bond donors (Lipinski definition) is 3. The smallest absolute Gasteiger partial charge is 0.292 e. The lowest BCUT2D eigenvalue weighted by Crippen LogP contribution is -2.18. The highest BCUT2D eigenvalue weighted by molar-refractivity contribution is 7.89. The van der Waals surface area contributed by atoms with Crippen molar-refractivity contribution in [1.29, 1.82) is 0 Å². The van der Waals surface area contributed by atoms with Gasteiger partial charge in [0.25, 0.3) is 5.69 Å². The highest BCUT2D eigenvalue weighted by Gasteiger charge is 2.10. The molecule has 0 radical (unpaired) electrons. The van der Waals surface area contributed by atoms with Gasteiger partial charge in [0, 0.05) is 18.3 Å². The van der Waals surface area contributed by atoms with Gasteiger partial charge in [-0.15, -0.1) is 0 Å². The van der Waals surface area contributed by atoms with Gasteiger partial charge in [-0.25, -0.2) is 13.6 Å². The molecule has 8 nitrogen and oxygen atoms in total. The predicted molar refractivity (Wildman–Crippen MR) is 68.6 cm³/mol. The number of sulfonamides is 1. The molecule has 0 spiro atoms. The molecule has 0 heterocycles. The number of hydrogen-bond acceptors (Lipinski definition) is 6. The van der Waals surface area contributed by atoms with E-state index >= 15 is 0 Å². The molecule has 100 valence electrons. The molecular formula is C9H14N4O4S. The van der Waals surface area contributed by atoms with E-state index in [-0.39, 0.29) is 17.1 Å². The van der Waals surface area contributed by atoms with Crippen LogP contribution in [0, 0.1) is 10.1 Å². The van der Waals surface area contributed by atoms with Crippen LogP contribution in [0.15, 0.2) is 18.2 Å². The number of nitrogens with one attached hydrogen (secondary N) is 1. The van der Waals surface area contributed by atoms with E-state index < -0.39 is 14.9 Å². The van der Waals surface area contributed by atoms with Crippen LogP contribution in [0.1, 0.15) is 6.42 Å². The average molecular weight is 274 g/mol. The van der Waals surface area contributed by atoms with Gasteiger partial charge in [-0.1, -0.05) is 0 Å². The molecule has 0 aromatic heterocycles. The van der Waals surface area contributed by atoms with E-state index in [2.05, 4.69) is 5.32 Å². The zero-order valence-corrected chi connectivity index (χ0v) is 10.3. The van der Waals surface area contributed by atoms with Gasteiger partial charge in [0.1, 0.15) is 5.69 Å². The Morgan fingerprint density at radius 2 is 2.06 bits per heavy atom. The molecule has 0 aliphatic carbocycles. The maximum absolute atomic E-state index is 10.7. The van der Waals surface area contributed by atoms with E-state index in [1.165, 1.54) is 18.2 Å². The summed E-state index contributed by atoms with van der Waals surface area (Å²) in [6.45, 7) is 0.383. The molecule has 0 unspecified atom stereocenters. The average Bonchev–Trinajstić information content (AvgIpc) is 2.22. The van der Waals surface area contributed by atoms with Gasteiger partial charge in [-0.2, -0.15) is 0 Å². The summed E-state index contributed by atoms with van der Waals surface area (Å²) in [5.41, 5.74) is 5.98. The van der Waals surface area contributed by atoms with Crippen molar-refractivity contribution >= 4 is 27.1 Å². The zero-order valence-electron chi connectivity index (χ0n) is 9.50. The minimum Gasteiger partial charge on any atom is -0.393 e. The fourth-order valence-corrected chi connectivity index (χ4v) is 1.88. The Bertz CT molecular complexity index is 543. The number of primary sulfonamides is 1. The van der Waals surface area contributed by atoms with E-state index in [0.29, 0.717) is 18.7 Å². The van der Waals surface area contributed by atoms with Crippen LogP contribution in [-0.4, -0.2) is 25.6 Å². The molecule has 1 rings (SSSR count). The van der Waals surface area contributed by atoms with Crippen LogP contribution >= 0.6 is 0 Å². The Hall–Kier alpha value is -1.87. The van der Waals surface area contributed by atoms with Gasteiger partial charge >= 0.3 is 0 Å². The van der Waals surface area contributed by atoms with Crippen LogP contribution in [0.3, 0.4) is 0 Å². The van der Waals surface area contributed by atoms with Gasteiger partial charge < -0.3 is 11.1 Å². The second-order valence-electron chi connectivity index (χ2n) is 3.68. The van der Waals surface area contributed by atoms with E-state index in [9.17, 15) is 18.5 Å². The van der Waals surface area contributed by atoms with Crippen LogP contribution in [0.4, 0.5) is 17.1 Å². The number of benzene rings is 1. The van der Waals surface area contributed by atoms with Gasteiger partial charge in [-0.3, -0.25) is 10.1 Å². The number of nitrogens with two attached hydrogens (primary N) is 2. The lowest BCUT2D eigenvalue weighted by atomic mass is 10.2. The molecule has 5 N–H and O–H groups in total. The first kappa shape index (κ1) is 14.2. The summed E-state index contributed by atoms with van der Waals surface area (Å²) in [6.07, 6.45) is 0.343. The maximum atomic E-state index is 10.7. The third-order valence-corrected chi connectivity index (χ3v) is 3.02. The molecule has 0 fully saturated rings. The summed E-state index contributed by atoms with van der Waals surface area (Å²) >= 11 is 0. The van der Waals surface area contributed by atoms with E-state index in [0.717, 1.165) is 0 Å². The van der Waals surface area contributed by atoms with Crippen molar-refractivity contribution < 1.29 is 13.3 Å². The van der Waals surface area contributed by atoms with Gasteiger partial charge in [0.2, 0.25) is 10.0 Å². The highest BCUT2D eigenvalue weighted by atomic mass is 32.2. The number of anilines is 2. The van der Waals surface area contributed by atoms with E-state index in [1.54, 1.807) is 0 Å². The normalized spacial score (nSPS) is 11.2. The molecule has 1 aromatic rings. The van der Waals surface area contributed by atoms with Gasteiger partial charge in [0.15, 0.2) is 0 Å². The van der Waals surface area contributed by atoms with Crippen molar-refractivity contribution in [3.63, 3.8) is 0 Å². The summed E-state index contributed by atoms with van der Waals surface area (Å²) < 4.78 is 21.3. The first-order valence-corrected chi connectivity index (χ1v) is 6.79. The van der Waals surface area contributed by atoms with Crippen molar-refractivity contribution in [2.75, 3.05) is 23.3 Å². The number of rotatable bonds is 6. The quantitative estimate of drug-likeness (QED) is 0.294. The Labute approximate surface area is 104 Å². The molecule has 0 aliphatic heterocycles. The molecule has 18 heavy (non-hydrogen) atoms. The summed E-state index contributed by atoms with van der Waals surface area (Å²) in [5, 5.41) is 18.3. The molecule has 0 saturated carbocycles. The van der Waals surface area contributed by atoms with Crippen LogP contribution in [0.25, 0.3) is 0 Å². The Morgan fingerprint density at radius 3 is 2.56 bits per heavy atom. The van der Waals surface area contributed by atoms with Crippen molar-refractivity contribution in [2.24, 2.45) is 5.14 Å². The Kier molecular flexibility index (Phi) is 4.45. The summed E-state index contributed by atoms with van der Waals surface area (Å²) in [5.74, 6) is -0.123. The van der Waals surface area contributed by atoms with E-state index in [4.69, 9.17) is 10.9 Å². The van der Waals surface area contributed by atoms with Gasteiger partial charge in [-0.05, 0) is 18.6 Å². The lowest BCUT2D eigenvalue weighted by molar-refractivity contribution is -0.383. The van der Waals surface area contributed by atoms with Crippen molar-refractivity contribution in [3.8, 4) is 0 Å². The molecule has 0 amide bonds. The largest absolute Gasteiger partial charge is 0.393 e. The second-order valence-corrected chi connectivity index (χ2v) is 5.41. The predicted octanol–water partition coefficient (Wildman–Crippen LogP) is 0.268. The highest BCUT2D eigenvalue weighted by Crippen LogP contribution is 2.24. The minimum atomic E-state index is -3.46. The first-order valence-electron chi connectivity index (χ1n) is 5.08. The van der Waals surface area contributed by atoms with Crippen LogP contribution in [-0.2, 0) is 10.0 Å². The SMILES string of the molecule is Nc1cc(NCCCS(N)(=O)=O)ccc1[N+](=O)[O-]. The topological polar surface area (TPSA) is 141 Å². The maximum Gasteiger partial charge on any atom is 0.292 e. The Balaban J connectivity index is 2.54. The first-order chi connectivity index (χ1) is 8.29. The van der Waals surface area contributed by atoms with E-state index in [1.807, 2.05) is 0 Å². The number of nitro benzene ring substituents is 1. The molecule has 0 bridgehead atoms. The monoisotopic (exact) mass is 274 g/mol. The molecule has 0 atom stereocenters. The molecule has 0 aliphatic rings. The number of nitro groups is 1. The second kappa shape index (κ2) is 5.65. The zero-order chi connectivity index (χ0) is 13.8. The molecule has 0 saturated heterocycles. The third-order valence-electron chi connectivity index (χ3n) is 2.16. The summed E-state index contributed by atoms with van der Waals surface area (Å²) in [7, 11) is -3.46. The standard InChI is InChI=1S/C9H14N4O4S/c10-8-6-7(2-3-9(8)13(14)15)12-4-1-5-18(11,16)17/h2-3,6,12H,1,4-5,10H2,(H2,11,16,17). The van der Waals surface area contributed by atoms with Crippen molar-refractivity contribution in [1.82, 2.24) is 0 Å². The minimum absolute atomic E-state index is 0.0523. The Morgan fingerprint density at radius 1 is 1.39 bits per heavy atom. The van der Waals surface area contributed by atoms with Crippen LogP contribution < -0.4 is 16.2 Å². The third kappa shape index (κ3) is 4.55. The molecule has 9 heteroatoms. The lowest BCUT2D eigenvalue weighted by Gasteiger charge is -2.06. The van der Waals surface area contributed by atoms with Crippen LogP contribution in [0.2, 0.25) is 0 Å². The molecular weight excluding hydrogens is 260 g/mol. The van der Waals surface area contributed by atoms with Crippen LogP contribution in [0.5, 0.6) is 0 Å². The molecule has 1 aromatic carbocycles. The number of nitrogen functional groups attached to an aromatic ring is 1. The van der Waals surface area contributed by atoms with Crippen molar-refractivity contribution in [3.05, 3.63) is 28.3 Å². The fourth-order valence-electron chi connectivity index (χ4n) is 1.34. The fraction of sp³-hybridized carbons (Fsp3) is 0.333. The number of nitrogens with zero attached hydrogens (tertiary/aromatic N) is 1.